The summed E-state index contributed by atoms with van der Waals surface area (Å²) in [6, 6.07) is 13.1. The van der Waals surface area contributed by atoms with Crippen molar-refractivity contribution in [1.82, 2.24) is 25.5 Å². The van der Waals surface area contributed by atoms with Gasteiger partial charge < -0.3 is 10.6 Å². The SMILES string of the molecule is CC(NC(=O)Nc1cccc(-c2nnnn2C)c1)c1ccccc1NS(C)(=O)=O. The molecular weight excluding hydrogens is 394 g/mol. The number of aromatic nitrogens is 4. The van der Waals surface area contributed by atoms with Gasteiger partial charge in [0.05, 0.1) is 18.0 Å². The van der Waals surface area contributed by atoms with Crippen LogP contribution in [0.5, 0.6) is 0 Å². The Bertz CT molecular complexity index is 1130. The average molecular weight is 415 g/mol. The molecule has 11 heteroatoms. The van der Waals surface area contributed by atoms with Gasteiger partial charge in [0.1, 0.15) is 0 Å². The van der Waals surface area contributed by atoms with Gasteiger partial charge in [0, 0.05) is 18.3 Å². The van der Waals surface area contributed by atoms with Crippen LogP contribution in [-0.2, 0) is 17.1 Å². The Morgan fingerprint density at radius 1 is 1.14 bits per heavy atom. The van der Waals surface area contributed by atoms with Crippen LogP contribution in [0.2, 0.25) is 0 Å². The molecule has 3 aromatic rings. The van der Waals surface area contributed by atoms with Crippen LogP contribution in [0.15, 0.2) is 48.5 Å². The molecule has 0 radical (unpaired) electrons. The predicted octanol–water partition coefficient (Wildman–Crippen LogP) is 2.13. The lowest BCUT2D eigenvalue weighted by Gasteiger charge is -2.19. The zero-order valence-electron chi connectivity index (χ0n) is 16.1. The quantitative estimate of drug-likeness (QED) is 0.565. The van der Waals surface area contributed by atoms with Crippen molar-refractivity contribution in [3.8, 4) is 11.4 Å². The summed E-state index contributed by atoms with van der Waals surface area (Å²) in [7, 11) is -1.71. The summed E-state index contributed by atoms with van der Waals surface area (Å²) in [5.74, 6) is 0.572. The number of hydrogen-bond acceptors (Lipinski definition) is 6. The summed E-state index contributed by atoms with van der Waals surface area (Å²) in [5, 5.41) is 16.9. The second kappa shape index (κ2) is 8.27. The third-order valence-corrected chi connectivity index (χ3v) is 4.66. The zero-order valence-corrected chi connectivity index (χ0v) is 16.9. The molecule has 1 heterocycles. The van der Waals surface area contributed by atoms with E-state index in [9.17, 15) is 13.2 Å². The fourth-order valence-electron chi connectivity index (χ4n) is 2.82. The standard InChI is InChI=1S/C18H21N7O3S/c1-12(15-9-4-5-10-16(15)22-29(3,27)28)19-18(26)20-14-8-6-7-13(11-14)17-21-23-24-25(17)2/h4-12,22H,1-3H3,(H2,19,20,26). The Labute approximate surface area is 168 Å². The first-order chi connectivity index (χ1) is 13.7. The number of amides is 2. The van der Waals surface area contributed by atoms with E-state index in [0.717, 1.165) is 11.8 Å². The molecule has 152 valence electrons. The third kappa shape index (κ3) is 5.29. The van der Waals surface area contributed by atoms with Crippen molar-refractivity contribution in [3.63, 3.8) is 0 Å². The van der Waals surface area contributed by atoms with Gasteiger partial charge in [-0.15, -0.1) is 5.10 Å². The van der Waals surface area contributed by atoms with Crippen LogP contribution in [0.25, 0.3) is 11.4 Å². The molecule has 1 unspecified atom stereocenters. The largest absolute Gasteiger partial charge is 0.331 e. The third-order valence-electron chi connectivity index (χ3n) is 4.07. The molecule has 1 atom stereocenters. The van der Waals surface area contributed by atoms with E-state index in [1.54, 1.807) is 56.4 Å². The fourth-order valence-corrected chi connectivity index (χ4v) is 3.40. The molecule has 0 aliphatic carbocycles. The number of aryl methyl sites for hydroxylation is 1. The highest BCUT2D eigenvalue weighted by atomic mass is 32.2. The minimum absolute atomic E-state index is 0.416. The van der Waals surface area contributed by atoms with E-state index in [2.05, 4.69) is 30.9 Å². The highest BCUT2D eigenvalue weighted by molar-refractivity contribution is 7.92. The van der Waals surface area contributed by atoms with Crippen molar-refractivity contribution in [2.45, 2.75) is 13.0 Å². The molecule has 1 aromatic heterocycles. The smallest absolute Gasteiger partial charge is 0.319 e. The number of hydrogen-bond donors (Lipinski definition) is 3. The molecule has 3 N–H and O–H groups in total. The van der Waals surface area contributed by atoms with E-state index in [-0.39, 0.29) is 0 Å². The van der Waals surface area contributed by atoms with E-state index in [4.69, 9.17) is 0 Å². The molecule has 0 aliphatic rings. The summed E-state index contributed by atoms with van der Waals surface area (Å²) in [5.41, 5.74) is 2.38. The Kier molecular flexibility index (Phi) is 5.78. The molecule has 0 bridgehead atoms. The molecule has 0 aliphatic heterocycles. The number of tetrazole rings is 1. The Hall–Kier alpha value is -3.47. The molecule has 0 saturated heterocycles. The topological polar surface area (TPSA) is 131 Å². The Morgan fingerprint density at radius 2 is 1.90 bits per heavy atom. The van der Waals surface area contributed by atoms with Crippen LogP contribution in [0.3, 0.4) is 0 Å². The summed E-state index contributed by atoms with van der Waals surface area (Å²) in [4.78, 5) is 12.5. The second-order valence-corrected chi connectivity index (χ2v) is 8.24. The van der Waals surface area contributed by atoms with Gasteiger partial charge in [-0.05, 0) is 41.1 Å². The van der Waals surface area contributed by atoms with Crippen LogP contribution in [-0.4, -0.2) is 40.9 Å². The van der Waals surface area contributed by atoms with Gasteiger partial charge in [0.25, 0.3) is 0 Å². The minimum atomic E-state index is -3.44. The highest BCUT2D eigenvalue weighted by Crippen LogP contribution is 2.24. The number of sulfonamides is 1. The molecule has 3 rings (SSSR count). The van der Waals surface area contributed by atoms with Crippen LogP contribution < -0.4 is 15.4 Å². The van der Waals surface area contributed by atoms with Gasteiger partial charge in [-0.3, -0.25) is 4.72 Å². The number of benzene rings is 2. The number of anilines is 2. The Balaban J connectivity index is 1.71. The predicted molar refractivity (Wildman–Crippen MR) is 110 cm³/mol. The van der Waals surface area contributed by atoms with Gasteiger partial charge >= 0.3 is 6.03 Å². The molecule has 29 heavy (non-hydrogen) atoms. The van der Waals surface area contributed by atoms with E-state index < -0.39 is 22.1 Å². The number of carbonyl (C=O) groups is 1. The van der Waals surface area contributed by atoms with Gasteiger partial charge in [-0.2, -0.15) is 0 Å². The number of urea groups is 1. The first kappa shape index (κ1) is 20.3. The van der Waals surface area contributed by atoms with E-state index in [1.165, 1.54) is 4.68 Å². The molecular formula is C18H21N7O3S. The van der Waals surface area contributed by atoms with Crippen LogP contribution >= 0.6 is 0 Å². The molecule has 10 nitrogen and oxygen atoms in total. The number of nitrogens with zero attached hydrogens (tertiary/aromatic N) is 4. The van der Waals surface area contributed by atoms with E-state index in [1.807, 2.05) is 6.07 Å². The lowest BCUT2D eigenvalue weighted by Crippen LogP contribution is -2.31. The van der Waals surface area contributed by atoms with Gasteiger partial charge in [-0.25, -0.2) is 17.9 Å². The molecule has 2 aromatic carbocycles. The summed E-state index contributed by atoms with van der Waals surface area (Å²) in [6.45, 7) is 1.77. The first-order valence-electron chi connectivity index (χ1n) is 8.70. The van der Waals surface area contributed by atoms with E-state index >= 15 is 0 Å². The summed E-state index contributed by atoms with van der Waals surface area (Å²) >= 11 is 0. The number of rotatable bonds is 6. The molecule has 0 saturated carbocycles. The Morgan fingerprint density at radius 3 is 2.59 bits per heavy atom. The number of carbonyl (C=O) groups excluding carboxylic acids is 1. The second-order valence-electron chi connectivity index (χ2n) is 6.49. The van der Waals surface area contributed by atoms with Gasteiger partial charge in [0.2, 0.25) is 10.0 Å². The van der Waals surface area contributed by atoms with Crippen LogP contribution in [0.4, 0.5) is 16.2 Å². The normalized spacial score (nSPS) is 12.2. The van der Waals surface area contributed by atoms with Crippen molar-refractivity contribution in [2.24, 2.45) is 7.05 Å². The van der Waals surface area contributed by atoms with Crippen molar-refractivity contribution in [2.75, 3.05) is 16.3 Å². The highest BCUT2D eigenvalue weighted by Gasteiger charge is 2.15. The molecule has 0 spiro atoms. The summed E-state index contributed by atoms with van der Waals surface area (Å²) < 4.78 is 27.1. The molecule has 0 fully saturated rings. The van der Waals surface area contributed by atoms with Crippen molar-refractivity contribution >= 4 is 27.4 Å². The van der Waals surface area contributed by atoms with Gasteiger partial charge in [-0.1, -0.05) is 30.3 Å². The van der Waals surface area contributed by atoms with Crippen molar-refractivity contribution in [1.29, 1.82) is 0 Å². The summed E-state index contributed by atoms with van der Waals surface area (Å²) in [6.07, 6.45) is 1.08. The van der Waals surface area contributed by atoms with Gasteiger partial charge in [0.15, 0.2) is 5.82 Å². The average Bonchev–Trinajstić information content (AvgIpc) is 3.07. The maximum Gasteiger partial charge on any atom is 0.319 e. The van der Waals surface area contributed by atoms with Crippen LogP contribution in [0.1, 0.15) is 18.5 Å². The monoisotopic (exact) mass is 415 g/mol. The zero-order chi connectivity index (χ0) is 21.0. The van der Waals surface area contributed by atoms with Crippen LogP contribution in [0, 0.1) is 0 Å². The lowest BCUT2D eigenvalue weighted by molar-refractivity contribution is 0.249. The first-order valence-corrected chi connectivity index (χ1v) is 10.6. The maximum absolute atomic E-state index is 12.5. The maximum atomic E-state index is 12.5. The fraction of sp³-hybridized carbons (Fsp3) is 0.222. The lowest BCUT2D eigenvalue weighted by atomic mass is 10.1. The van der Waals surface area contributed by atoms with Crippen molar-refractivity contribution in [3.05, 3.63) is 54.1 Å². The number of nitrogens with one attached hydrogen (secondary N) is 3. The minimum Gasteiger partial charge on any atom is -0.331 e. The van der Waals surface area contributed by atoms with E-state index in [0.29, 0.717) is 22.8 Å². The number of para-hydroxylation sites is 1. The molecule has 2 amide bonds. The van der Waals surface area contributed by atoms with Crippen molar-refractivity contribution < 1.29 is 13.2 Å².